The number of rotatable bonds is 3. The molecule has 15 heavy (non-hydrogen) atoms. The predicted octanol–water partition coefficient (Wildman–Crippen LogP) is 0.620. The van der Waals surface area contributed by atoms with Gasteiger partial charge < -0.3 is 10.1 Å². The highest BCUT2D eigenvalue weighted by atomic mass is 16.5. The molecule has 1 atom stereocenters. The van der Waals surface area contributed by atoms with E-state index in [0.29, 0.717) is 19.2 Å². The van der Waals surface area contributed by atoms with E-state index in [9.17, 15) is 4.79 Å². The van der Waals surface area contributed by atoms with Crippen molar-refractivity contribution in [1.29, 1.82) is 0 Å². The SMILES string of the molecule is CC(C)NC(=O)[C@H]1CN(C(C)C)CCO1. The third-order valence-corrected chi connectivity index (χ3v) is 2.55. The Morgan fingerprint density at radius 1 is 1.40 bits per heavy atom. The number of nitrogens with zero attached hydrogens (tertiary/aromatic N) is 1. The predicted molar refractivity (Wildman–Crippen MR) is 59.7 cm³/mol. The van der Waals surface area contributed by atoms with Gasteiger partial charge in [-0.25, -0.2) is 0 Å². The van der Waals surface area contributed by atoms with Crippen molar-refractivity contribution in [3.63, 3.8) is 0 Å². The fraction of sp³-hybridized carbons (Fsp3) is 0.909. The number of carbonyl (C=O) groups is 1. The lowest BCUT2D eigenvalue weighted by atomic mass is 10.2. The third kappa shape index (κ3) is 3.80. The van der Waals surface area contributed by atoms with Gasteiger partial charge in [-0.3, -0.25) is 9.69 Å². The maximum atomic E-state index is 11.7. The molecule has 0 aromatic rings. The molecule has 1 amide bonds. The number of amides is 1. The summed E-state index contributed by atoms with van der Waals surface area (Å²) >= 11 is 0. The number of hydrogen-bond donors (Lipinski definition) is 1. The molecule has 1 aliphatic rings. The lowest BCUT2D eigenvalue weighted by Gasteiger charge is -2.34. The molecule has 4 heteroatoms. The van der Waals surface area contributed by atoms with Gasteiger partial charge in [-0.05, 0) is 27.7 Å². The Balaban J connectivity index is 2.45. The molecular weight excluding hydrogens is 192 g/mol. The van der Waals surface area contributed by atoms with E-state index in [1.807, 2.05) is 13.8 Å². The van der Waals surface area contributed by atoms with Gasteiger partial charge in [0.1, 0.15) is 6.10 Å². The standard InChI is InChI=1S/C11H22N2O2/c1-8(2)12-11(14)10-7-13(9(3)4)5-6-15-10/h8-10H,5-7H2,1-4H3,(H,12,14)/t10-/m1/s1. The fourth-order valence-corrected chi connectivity index (χ4v) is 1.67. The van der Waals surface area contributed by atoms with E-state index in [4.69, 9.17) is 4.74 Å². The highest BCUT2D eigenvalue weighted by Crippen LogP contribution is 2.08. The van der Waals surface area contributed by atoms with Crippen molar-refractivity contribution >= 4 is 5.91 Å². The van der Waals surface area contributed by atoms with Crippen molar-refractivity contribution < 1.29 is 9.53 Å². The van der Waals surface area contributed by atoms with Gasteiger partial charge in [-0.2, -0.15) is 0 Å². The summed E-state index contributed by atoms with van der Waals surface area (Å²) in [6.45, 7) is 10.5. The fourth-order valence-electron chi connectivity index (χ4n) is 1.67. The average Bonchev–Trinajstić information content (AvgIpc) is 2.17. The first-order valence-corrected chi connectivity index (χ1v) is 5.66. The number of carbonyl (C=O) groups excluding carboxylic acids is 1. The first-order chi connectivity index (χ1) is 7.00. The first-order valence-electron chi connectivity index (χ1n) is 5.66. The van der Waals surface area contributed by atoms with E-state index in [-0.39, 0.29) is 18.1 Å². The molecule has 0 bridgehead atoms. The smallest absolute Gasteiger partial charge is 0.250 e. The average molecular weight is 214 g/mol. The van der Waals surface area contributed by atoms with Crippen LogP contribution < -0.4 is 5.32 Å². The highest BCUT2D eigenvalue weighted by molar-refractivity contribution is 5.81. The number of ether oxygens (including phenoxy) is 1. The molecule has 0 saturated carbocycles. The number of nitrogens with one attached hydrogen (secondary N) is 1. The quantitative estimate of drug-likeness (QED) is 0.749. The zero-order chi connectivity index (χ0) is 11.4. The van der Waals surface area contributed by atoms with Crippen molar-refractivity contribution in [3.05, 3.63) is 0 Å². The second-order valence-electron chi connectivity index (χ2n) is 4.61. The maximum absolute atomic E-state index is 11.7. The van der Waals surface area contributed by atoms with E-state index in [1.54, 1.807) is 0 Å². The summed E-state index contributed by atoms with van der Waals surface area (Å²) in [5.74, 6) is 0.00958. The molecular formula is C11H22N2O2. The van der Waals surface area contributed by atoms with E-state index in [2.05, 4.69) is 24.1 Å². The summed E-state index contributed by atoms with van der Waals surface area (Å²) in [5.41, 5.74) is 0. The largest absolute Gasteiger partial charge is 0.366 e. The molecule has 0 aromatic heterocycles. The molecule has 1 aliphatic heterocycles. The first kappa shape index (κ1) is 12.5. The normalized spacial score (nSPS) is 23.5. The van der Waals surface area contributed by atoms with Crippen molar-refractivity contribution in [2.45, 2.75) is 45.9 Å². The Morgan fingerprint density at radius 2 is 2.07 bits per heavy atom. The van der Waals surface area contributed by atoms with Gasteiger partial charge in [0.15, 0.2) is 0 Å². The zero-order valence-corrected chi connectivity index (χ0v) is 10.1. The van der Waals surface area contributed by atoms with Crippen LogP contribution in [0, 0.1) is 0 Å². The molecule has 4 nitrogen and oxygen atoms in total. The van der Waals surface area contributed by atoms with Crippen LogP contribution in [0.1, 0.15) is 27.7 Å². The van der Waals surface area contributed by atoms with Crippen LogP contribution in [0.15, 0.2) is 0 Å². The van der Waals surface area contributed by atoms with E-state index < -0.39 is 0 Å². The molecule has 0 spiro atoms. The Kier molecular flexibility index (Phi) is 4.54. The van der Waals surface area contributed by atoms with Gasteiger partial charge in [0, 0.05) is 25.2 Å². The highest BCUT2D eigenvalue weighted by Gasteiger charge is 2.27. The van der Waals surface area contributed by atoms with E-state index in [1.165, 1.54) is 0 Å². The van der Waals surface area contributed by atoms with Crippen molar-refractivity contribution in [2.24, 2.45) is 0 Å². The summed E-state index contributed by atoms with van der Waals surface area (Å²) in [5, 5.41) is 2.88. The number of morpholine rings is 1. The third-order valence-electron chi connectivity index (χ3n) is 2.55. The zero-order valence-electron chi connectivity index (χ0n) is 10.1. The molecule has 0 aliphatic carbocycles. The molecule has 0 radical (unpaired) electrons. The Labute approximate surface area is 92.0 Å². The monoisotopic (exact) mass is 214 g/mol. The summed E-state index contributed by atoms with van der Waals surface area (Å²) in [6.07, 6.45) is -0.302. The summed E-state index contributed by atoms with van der Waals surface area (Å²) in [7, 11) is 0. The van der Waals surface area contributed by atoms with Gasteiger partial charge in [-0.15, -0.1) is 0 Å². The molecule has 0 unspecified atom stereocenters. The van der Waals surface area contributed by atoms with Crippen LogP contribution >= 0.6 is 0 Å². The lowest BCUT2D eigenvalue weighted by Crippen LogP contribution is -2.52. The molecule has 1 fully saturated rings. The minimum Gasteiger partial charge on any atom is -0.366 e. The molecule has 88 valence electrons. The van der Waals surface area contributed by atoms with Crippen molar-refractivity contribution in [3.8, 4) is 0 Å². The van der Waals surface area contributed by atoms with Gasteiger partial charge >= 0.3 is 0 Å². The van der Waals surface area contributed by atoms with Gasteiger partial charge in [-0.1, -0.05) is 0 Å². The van der Waals surface area contributed by atoms with Gasteiger partial charge in [0.2, 0.25) is 0 Å². The summed E-state index contributed by atoms with van der Waals surface area (Å²) in [4.78, 5) is 14.0. The van der Waals surface area contributed by atoms with Crippen LogP contribution in [0.25, 0.3) is 0 Å². The molecule has 0 aromatic carbocycles. The van der Waals surface area contributed by atoms with Crippen LogP contribution in [0.4, 0.5) is 0 Å². The van der Waals surface area contributed by atoms with Crippen LogP contribution in [-0.4, -0.2) is 48.7 Å². The maximum Gasteiger partial charge on any atom is 0.250 e. The molecule has 1 rings (SSSR count). The lowest BCUT2D eigenvalue weighted by molar-refractivity contribution is -0.139. The van der Waals surface area contributed by atoms with Crippen LogP contribution in [0.2, 0.25) is 0 Å². The summed E-state index contributed by atoms with van der Waals surface area (Å²) in [6, 6.07) is 0.652. The molecule has 1 heterocycles. The second-order valence-corrected chi connectivity index (χ2v) is 4.61. The molecule has 1 N–H and O–H groups in total. The second kappa shape index (κ2) is 5.47. The van der Waals surface area contributed by atoms with Gasteiger partial charge in [0.05, 0.1) is 6.61 Å². The van der Waals surface area contributed by atoms with Crippen LogP contribution in [0.3, 0.4) is 0 Å². The van der Waals surface area contributed by atoms with Crippen molar-refractivity contribution in [2.75, 3.05) is 19.7 Å². The Morgan fingerprint density at radius 3 is 2.60 bits per heavy atom. The van der Waals surface area contributed by atoms with E-state index in [0.717, 1.165) is 6.54 Å². The van der Waals surface area contributed by atoms with Gasteiger partial charge in [0.25, 0.3) is 5.91 Å². The summed E-state index contributed by atoms with van der Waals surface area (Å²) < 4.78 is 5.47. The minimum atomic E-state index is -0.302. The van der Waals surface area contributed by atoms with Crippen LogP contribution in [-0.2, 0) is 9.53 Å². The Hall–Kier alpha value is -0.610. The number of hydrogen-bond acceptors (Lipinski definition) is 3. The van der Waals surface area contributed by atoms with Crippen molar-refractivity contribution in [1.82, 2.24) is 10.2 Å². The Bertz CT molecular complexity index is 217. The van der Waals surface area contributed by atoms with Crippen LogP contribution in [0.5, 0.6) is 0 Å². The van der Waals surface area contributed by atoms with E-state index >= 15 is 0 Å². The minimum absolute atomic E-state index is 0.00958. The topological polar surface area (TPSA) is 41.6 Å². The molecule has 1 saturated heterocycles.